The number of benzene rings is 1. The summed E-state index contributed by atoms with van der Waals surface area (Å²) in [5.41, 5.74) is 5.29. The number of carbonyl (C=O) groups excluding carboxylic acids is 2. The Morgan fingerprint density at radius 3 is 2.55 bits per heavy atom. The van der Waals surface area contributed by atoms with E-state index in [0.29, 0.717) is 25.9 Å². The number of nitrogens with one attached hydrogen (secondary N) is 1. The van der Waals surface area contributed by atoms with Crippen molar-refractivity contribution in [1.82, 2.24) is 10.2 Å². The van der Waals surface area contributed by atoms with Crippen molar-refractivity contribution in [2.75, 3.05) is 25.4 Å². The molecule has 0 radical (unpaired) electrons. The number of rotatable bonds is 4. The van der Waals surface area contributed by atoms with Crippen LogP contribution in [-0.4, -0.2) is 54.4 Å². The highest BCUT2D eigenvalue weighted by Gasteiger charge is 2.30. The molecule has 3 N–H and O–H groups in total. The van der Waals surface area contributed by atoms with Gasteiger partial charge in [0.2, 0.25) is 0 Å². The zero-order chi connectivity index (χ0) is 21.8. The van der Waals surface area contributed by atoms with E-state index in [1.165, 1.54) is 18.2 Å². The van der Waals surface area contributed by atoms with Crippen molar-refractivity contribution in [1.29, 1.82) is 0 Å². The fraction of sp³-hybridized carbons (Fsp3) is 0.579. The summed E-state index contributed by atoms with van der Waals surface area (Å²) in [7, 11) is 0. The molecule has 29 heavy (non-hydrogen) atoms. The molecule has 1 aliphatic heterocycles. The number of nitrogens with zero attached hydrogens (tertiary/aromatic N) is 1. The highest BCUT2D eigenvalue weighted by atomic mass is 19.4. The van der Waals surface area contributed by atoms with E-state index in [0.717, 1.165) is 0 Å². The molecule has 2 rings (SSSR count). The fourth-order valence-electron chi connectivity index (χ4n) is 2.91. The number of alkyl halides is 3. The molecular weight excluding hydrogens is 391 g/mol. The monoisotopic (exact) mass is 417 g/mol. The number of alkyl carbamates (subject to hydrolysis) is 1. The van der Waals surface area contributed by atoms with Crippen LogP contribution in [0.1, 0.15) is 44.0 Å². The average molecular weight is 417 g/mol. The number of ether oxygens (including phenoxy) is 2. The molecule has 7 nitrogen and oxygen atoms in total. The zero-order valence-corrected chi connectivity index (χ0v) is 16.6. The summed E-state index contributed by atoms with van der Waals surface area (Å²) in [6, 6.07) is 3.65. The van der Waals surface area contributed by atoms with Gasteiger partial charge in [0.15, 0.2) is 6.61 Å². The fourth-order valence-corrected chi connectivity index (χ4v) is 2.91. The van der Waals surface area contributed by atoms with Gasteiger partial charge in [0.05, 0.1) is 5.69 Å². The lowest BCUT2D eigenvalue weighted by Gasteiger charge is -2.33. The average Bonchev–Trinajstić information content (AvgIpc) is 2.57. The van der Waals surface area contributed by atoms with Crippen LogP contribution in [0.3, 0.4) is 0 Å². The van der Waals surface area contributed by atoms with E-state index in [1.807, 2.05) is 0 Å². The largest absolute Gasteiger partial charge is 0.482 e. The Bertz CT molecular complexity index is 747. The summed E-state index contributed by atoms with van der Waals surface area (Å²) in [5, 5.41) is 2.76. The van der Waals surface area contributed by atoms with Gasteiger partial charge in [-0.15, -0.1) is 0 Å². The molecular formula is C19H26F3N3O4. The van der Waals surface area contributed by atoms with Gasteiger partial charge < -0.3 is 25.4 Å². The number of amides is 2. The molecule has 10 heteroatoms. The van der Waals surface area contributed by atoms with Gasteiger partial charge in [-0.3, -0.25) is 4.79 Å². The molecule has 1 aromatic rings. The molecule has 1 saturated heterocycles. The van der Waals surface area contributed by atoms with Crippen LogP contribution in [-0.2, 0) is 4.74 Å². The molecule has 162 valence electrons. The maximum absolute atomic E-state index is 12.7. The third-order valence-corrected chi connectivity index (χ3v) is 4.08. The van der Waals surface area contributed by atoms with Crippen molar-refractivity contribution in [3.05, 3.63) is 23.8 Å². The van der Waals surface area contributed by atoms with Crippen LogP contribution in [0.4, 0.5) is 23.7 Å². The van der Waals surface area contributed by atoms with E-state index in [-0.39, 0.29) is 28.9 Å². The van der Waals surface area contributed by atoms with Crippen LogP contribution in [0.15, 0.2) is 18.2 Å². The second kappa shape index (κ2) is 8.79. The molecule has 1 aromatic carbocycles. The Hall–Kier alpha value is -2.65. The number of halogens is 3. The SMILES string of the molecule is CC(C)(C)OC(=O)N[C@H]1CCCN(C(=O)c2ccc(OCC(F)(F)F)c(N)c2)C1. The second-order valence-corrected chi connectivity index (χ2v) is 7.89. The van der Waals surface area contributed by atoms with Gasteiger partial charge in [-0.2, -0.15) is 13.2 Å². The maximum atomic E-state index is 12.7. The van der Waals surface area contributed by atoms with Crippen molar-refractivity contribution in [3.63, 3.8) is 0 Å². The Morgan fingerprint density at radius 1 is 1.28 bits per heavy atom. The van der Waals surface area contributed by atoms with Crippen LogP contribution in [0.25, 0.3) is 0 Å². The van der Waals surface area contributed by atoms with Gasteiger partial charge in [0, 0.05) is 24.7 Å². The van der Waals surface area contributed by atoms with Crippen molar-refractivity contribution in [2.24, 2.45) is 0 Å². The van der Waals surface area contributed by atoms with E-state index in [9.17, 15) is 22.8 Å². The predicted molar refractivity (Wildman–Crippen MR) is 101 cm³/mol. The summed E-state index contributed by atoms with van der Waals surface area (Å²) >= 11 is 0. The number of carbonyl (C=O) groups is 2. The predicted octanol–water partition coefficient (Wildman–Crippen LogP) is 3.34. The second-order valence-electron chi connectivity index (χ2n) is 7.89. The summed E-state index contributed by atoms with van der Waals surface area (Å²) in [5.74, 6) is -0.461. The Balaban J connectivity index is 1.98. The number of hydrogen-bond donors (Lipinski definition) is 2. The van der Waals surface area contributed by atoms with Gasteiger partial charge in [-0.1, -0.05) is 0 Å². The number of anilines is 1. The number of likely N-dealkylation sites (tertiary alicyclic amines) is 1. The van der Waals surface area contributed by atoms with Crippen LogP contribution in [0.5, 0.6) is 5.75 Å². The normalized spacial score (nSPS) is 17.6. The number of hydrogen-bond acceptors (Lipinski definition) is 5. The Labute approximate surface area is 167 Å². The van der Waals surface area contributed by atoms with Gasteiger partial charge in [-0.25, -0.2) is 4.79 Å². The van der Waals surface area contributed by atoms with Crippen molar-refractivity contribution >= 4 is 17.7 Å². The molecule has 1 heterocycles. The van der Waals surface area contributed by atoms with Gasteiger partial charge in [0.1, 0.15) is 11.4 Å². The molecule has 0 bridgehead atoms. The van der Waals surface area contributed by atoms with Crippen LogP contribution < -0.4 is 15.8 Å². The third kappa shape index (κ3) is 7.35. The quantitative estimate of drug-likeness (QED) is 0.733. The highest BCUT2D eigenvalue weighted by molar-refractivity contribution is 5.95. The van der Waals surface area contributed by atoms with E-state index in [4.69, 9.17) is 10.5 Å². The minimum Gasteiger partial charge on any atom is -0.482 e. The molecule has 0 aromatic heterocycles. The van der Waals surface area contributed by atoms with Crippen molar-refractivity contribution in [2.45, 2.75) is 51.4 Å². The van der Waals surface area contributed by atoms with E-state index in [1.54, 1.807) is 25.7 Å². The lowest BCUT2D eigenvalue weighted by atomic mass is 10.0. The van der Waals surface area contributed by atoms with E-state index < -0.39 is 24.5 Å². The highest BCUT2D eigenvalue weighted by Crippen LogP contribution is 2.26. The molecule has 0 saturated carbocycles. The first-order valence-corrected chi connectivity index (χ1v) is 9.22. The minimum absolute atomic E-state index is 0.0551. The topological polar surface area (TPSA) is 93.9 Å². The standard InChI is InChI=1S/C19H26F3N3O4/c1-18(2,3)29-17(27)24-13-5-4-8-25(10-13)16(26)12-6-7-15(14(23)9-12)28-11-19(20,21)22/h6-7,9,13H,4-5,8,10-11,23H2,1-3H3,(H,24,27)/t13-/m0/s1. The smallest absolute Gasteiger partial charge is 0.422 e. The van der Waals surface area contributed by atoms with Gasteiger partial charge in [0.25, 0.3) is 5.91 Å². The molecule has 0 spiro atoms. The zero-order valence-electron chi connectivity index (χ0n) is 16.6. The lowest BCUT2D eigenvalue weighted by molar-refractivity contribution is -0.153. The Kier molecular flexibility index (Phi) is 6.86. The summed E-state index contributed by atoms with van der Waals surface area (Å²) < 4.78 is 46.7. The summed E-state index contributed by atoms with van der Waals surface area (Å²) in [6.45, 7) is 4.61. The number of piperidine rings is 1. The first-order chi connectivity index (χ1) is 13.3. The molecule has 1 atom stereocenters. The Morgan fingerprint density at radius 2 is 1.97 bits per heavy atom. The molecule has 0 unspecified atom stereocenters. The molecule has 2 amide bonds. The summed E-state index contributed by atoms with van der Waals surface area (Å²) in [6.07, 6.45) is -3.64. The molecule has 1 fully saturated rings. The maximum Gasteiger partial charge on any atom is 0.422 e. The van der Waals surface area contributed by atoms with Crippen LogP contribution in [0.2, 0.25) is 0 Å². The van der Waals surface area contributed by atoms with Gasteiger partial charge >= 0.3 is 12.3 Å². The first kappa shape index (κ1) is 22.6. The number of nitrogens with two attached hydrogens (primary N) is 1. The first-order valence-electron chi connectivity index (χ1n) is 9.22. The van der Waals surface area contributed by atoms with Gasteiger partial charge in [-0.05, 0) is 51.8 Å². The van der Waals surface area contributed by atoms with Crippen molar-refractivity contribution < 1.29 is 32.2 Å². The van der Waals surface area contributed by atoms with E-state index in [2.05, 4.69) is 10.1 Å². The summed E-state index contributed by atoms with van der Waals surface area (Å²) in [4.78, 5) is 26.3. The number of nitrogen functional groups attached to an aromatic ring is 1. The molecule has 1 aliphatic rings. The van der Waals surface area contributed by atoms with Crippen LogP contribution in [0, 0.1) is 0 Å². The molecule has 0 aliphatic carbocycles. The lowest BCUT2D eigenvalue weighted by Crippen LogP contribution is -2.50. The van der Waals surface area contributed by atoms with E-state index >= 15 is 0 Å². The minimum atomic E-state index is -4.48. The third-order valence-electron chi connectivity index (χ3n) is 4.08. The van der Waals surface area contributed by atoms with Crippen molar-refractivity contribution in [3.8, 4) is 5.75 Å². The van der Waals surface area contributed by atoms with Crippen LogP contribution >= 0.6 is 0 Å².